The van der Waals surface area contributed by atoms with Crippen LogP contribution in [0.2, 0.25) is 0 Å². The fourth-order valence-corrected chi connectivity index (χ4v) is 3.18. The normalized spacial score (nSPS) is 19.5. The SMILES string of the molecule is COc1ccc(C2CC(c3ccc(OC)cc3OC)NN2)c(OC)c1. The van der Waals surface area contributed by atoms with Crippen molar-refractivity contribution in [2.75, 3.05) is 28.4 Å². The Morgan fingerprint density at radius 1 is 0.680 bits per heavy atom. The summed E-state index contributed by atoms with van der Waals surface area (Å²) in [6.45, 7) is 0. The fraction of sp³-hybridized carbons (Fsp3) is 0.368. The van der Waals surface area contributed by atoms with Crippen molar-refractivity contribution in [3.05, 3.63) is 47.5 Å². The van der Waals surface area contributed by atoms with Gasteiger partial charge in [0, 0.05) is 23.3 Å². The van der Waals surface area contributed by atoms with Crippen molar-refractivity contribution in [3.8, 4) is 23.0 Å². The van der Waals surface area contributed by atoms with E-state index in [4.69, 9.17) is 18.9 Å². The number of hydrogen-bond donors (Lipinski definition) is 2. The molecule has 0 bridgehead atoms. The summed E-state index contributed by atoms with van der Waals surface area (Å²) < 4.78 is 21.6. The molecule has 2 aromatic carbocycles. The van der Waals surface area contributed by atoms with Gasteiger partial charge in [0.05, 0.1) is 40.5 Å². The van der Waals surface area contributed by atoms with Crippen LogP contribution in [0.3, 0.4) is 0 Å². The monoisotopic (exact) mass is 344 g/mol. The van der Waals surface area contributed by atoms with Gasteiger partial charge in [-0.15, -0.1) is 0 Å². The molecule has 0 spiro atoms. The molecule has 1 heterocycles. The van der Waals surface area contributed by atoms with E-state index < -0.39 is 0 Å². The van der Waals surface area contributed by atoms with Crippen molar-refractivity contribution < 1.29 is 18.9 Å². The molecule has 2 unspecified atom stereocenters. The van der Waals surface area contributed by atoms with Gasteiger partial charge in [0.25, 0.3) is 0 Å². The molecule has 1 aliphatic rings. The van der Waals surface area contributed by atoms with Crippen molar-refractivity contribution in [1.29, 1.82) is 0 Å². The summed E-state index contributed by atoms with van der Waals surface area (Å²) in [6, 6.07) is 12.0. The van der Waals surface area contributed by atoms with Crippen LogP contribution in [0.5, 0.6) is 23.0 Å². The van der Waals surface area contributed by atoms with Gasteiger partial charge in [0.15, 0.2) is 0 Å². The van der Waals surface area contributed by atoms with Crippen LogP contribution < -0.4 is 29.8 Å². The number of hydrogen-bond acceptors (Lipinski definition) is 6. The third-order valence-electron chi connectivity index (χ3n) is 4.54. The second-order valence-electron chi connectivity index (χ2n) is 5.85. The highest BCUT2D eigenvalue weighted by atomic mass is 16.5. The number of hydrazine groups is 1. The number of methoxy groups -OCH3 is 4. The van der Waals surface area contributed by atoms with Crippen molar-refractivity contribution in [2.24, 2.45) is 0 Å². The molecule has 25 heavy (non-hydrogen) atoms. The zero-order valence-electron chi connectivity index (χ0n) is 15.0. The second kappa shape index (κ2) is 7.63. The molecule has 1 aliphatic heterocycles. The topological polar surface area (TPSA) is 61.0 Å². The smallest absolute Gasteiger partial charge is 0.127 e. The third kappa shape index (κ3) is 3.50. The Balaban J connectivity index is 1.83. The van der Waals surface area contributed by atoms with Crippen LogP contribution in [0.15, 0.2) is 36.4 Å². The van der Waals surface area contributed by atoms with E-state index in [1.807, 2.05) is 36.4 Å². The quantitative estimate of drug-likeness (QED) is 0.840. The minimum atomic E-state index is 0.123. The first kappa shape index (κ1) is 17.4. The van der Waals surface area contributed by atoms with Crippen LogP contribution in [0.25, 0.3) is 0 Å². The van der Waals surface area contributed by atoms with Gasteiger partial charge in [-0.05, 0) is 18.6 Å². The molecule has 0 aliphatic carbocycles. The lowest BCUT2D eigenvalue weighted by atomic mass is 9.96. The summed E-state index contributed by atoms with van der Waals surface area (Å²) in [6.07, 6.45) is 0.866. The lowest BCUT2D eigenvalue weighted by Gasteiger charge is -2.16. The highest BCUT2D eigenvalue weighted by molar-refractivity contribution is 5.45. The van der Waals surface area contributed by atoms with Crippen molar-refractivity contribution in [3.63, 3.8) is 0 Å². The fourth-order valence-electron chi connectivity index (χ4n) is 3.18. The van der Waals surface area contributed by atoms with Crippen LogP contribution in [-0.4, -0.2) is 28.4 Å². The van der Waals surface area contributed by atoms with Crippen LogP contribution in [0, 0.1) is 0 Å². The first-order chi connectivity index (χ1) is 12.2. The van der Waals surface area contributed by atoms with Gasteiger partial charge in [-0.3, -0.25) is 0 Å². The summed E-state index contributed by atoms with van der Waals surface area (Å²) in [5, 5.41) is 0. The Morgan fingerprint density at radius 3 is 1.48 bits per heavy atom. The average molecular weight is 344 g/mol. The molecule has 0 radical (unpaired) electrons. The highest BCUT2D eigenvalue weighted by Crippen LogP contribution is 2.39. The van der Waals surface area contributed by atoms with Crippen LogP contribution in [0.4, 0.5) is 0 Å². The first-order valence-corrected chi connectivity index (χ1v) is 8.15. The van der Waals surface area contributed by atoms with E-state index in [1.165, 1.54) is 0 Å². The summed E-state index contributed by atoms with van der Waals surface area (Å²) in [4.78, 5) is 0. The van der Waals surface area contributed by atoms with E-state index >= 15 is 0 Å². The van der Waals surface area contributed by atoms with E-state index in [0.29, 0.717) is 0 Å². The van der Waals surface area contributed by atoms with E-state index in [0.717, 1.165) is 40.5 Å². The summed E-state index contributed by atoms with van der Waals surface area (Å²) in [5.74, 6) is 3.17. The summed E-state index contributed by atoms with van der Waals surface area (Å²) in [7, 11) is 6.64. The number of nitrogens with one attached hydrogen (secondary N) is 2. The molecule has 3 rings (SSSR count). The highest BCUT2D eigenvalue weighted by Gasteiger charge is 2.30. The van der Waals surface area contributed by atoms with Crippen LogP contribution in [-0.2, 0) is 0 Å². The Morgan fingerprint density at radius 2 is 1.12 bits per heavy atom. The molecule has 1 saturated heterocycles. The molecular formula is C19H24N2O4. The predicted molar refractivity (Wildman–Crippen MR) is 95.5 cm³/mol. The molecule has 6 heteroatoms. The lowest BCUT2D eigenvalue weighted by Crippen LogP contribution is -2.27. The molecular weight excluding hydrogens is 320 g/mol. The lowest BCUT2D eigenvalue weighted by molar-refractivity contribution is 0.386. The first-order valence-electron chi connectivity index (χ1n) is 8.15. The Bertz CT molecular complexity index is 674. The Kier molecular flexibility index (Phi) is 5.31. The average Bonchev–Trinajstić information content (AvgIpc) is 3.16. The van der Waals surface area contributed by atoms with Gasteiger partial charge >= 0.3 is 0 Å². The maximum Gasteiger partial charge on any atom is 0.127 e. The van der Waals surface area contributed by atoms with Gasteiger partial charge in [0.2, 0.25) is 0 Å². The van der Waals surface area contributed by atoms with Crippen LogP contribution >= 0.6 is 0 Å². The van der Waals surface area contributed by atoms with Crippen molar-refractivity contribution >= 4 is 0 Å². The van der Waals surface area contributed by atoms with Gasteiger partial charge < -0.3 is 18.9 Å². The van der Waals surface area contributed by atoms with E-state index in [2.05, 4.69) is 10.9 Å². The molecule has 0 amide bonds. The largest absolute Gasteiger partial charge is 0.497 e. The van der Waals surface area contributed by atoms with Crippen LogP contribution in [0.1, 0.15) is 29.6 Å². The number of benzene rings is 2. The molecule has 0 saturated carbocycles. The van der Waals surface area contributed by atoms with Crippen molar-refractivity contribution in [2.45, 2.75) is 18.5 Å². The summed E-state index contributed by atoms with van der Waals surface area (Å²) in [5.41, 5.74) is 8.89. The van der Waals surface area contributed by atoms with Gasteiger partial charge in [0.1, 0.15) is 23.0 Å². The zero-order chi connectivity index (χ0) is 17.8. The minimum Gasteiger partial charge on any atom is -0.497 e. The molecule has 134 valence electrons. The molecule has 2 N–H and O–H groups in total. The predicted octanol–water partition coefficient (Wildman–Crippen LogP) is 3.00. The maximum atomic E-state index is 5.53. The molecule has 6 nitrogen and oxygen atoms in total. The Hall–Kier alpha value is -2.44. The minimum absolute atomic E-state index is 0.123. The van der Waals surface area contributed by atoms with Crippen molar-refractivity contribution in [1.82, 2.24) is 10.9 Å². The Labute approximate surface area is 148 Å². The molecule has 2 aromatic rings. The van der Waals surface area contributed by atoms with Gasteiger partial charge in [-0.2, -0.15) is 0 Å². The van der Waals surface area contributed by atoms with Gasteiger partial charge in [-0.25, -0.2) is 10.9 Å². The molecule has 2 atom stereocenters. The zero-order valence-corrected chi connectivity index (χ0v) is 15.0. The summed E-state index contributed by atoms with van der Waals surface area (Å²) >= 11 is 0. The number of ether oxygens (including phenoxy) is 4. The van der Waals surface area contributed by atoms with Gasteiger partial charge in [-0.1, -0.05) is 12.1 Å². The standard InChI is InChI=1S/C19H24N2O4/c1-22-12-5-7-14(18(9-12)24-3)16-11-17(21-20-16)15-8-6-13(23-2)10-19(15)25-4/h5-10,16-17,20-21H,11H2,1-4H3. The van der Waals surface area contributed by atoms with E-state index in [9.17, 15) is 0 Å². The van der Waals surface area contributed by atoms with E-state index in [1.54, 1.807) is 28.4 Å². The second-order valence-corrected chi connectivity index (χ2v) is 5.85. The molecule has 0 aromatic heterocycles. The molecule has 1 fully saturated rings. The third-order valence-corrected chi connectivity index (χ3v) is 4.54. The van der Waals surface area contributed by atoms with E-state index in [-0.39, 0.29) is 12.1 Å². The maximum absolute atomic E-state index is 5.53. The number of rotatable bonds is 6.